The molecule has 10 aromatic rings. The minimum atomic E-state index is -1.67. The van der Waals surface area contributed by atoms with Crippen molar-refractivity contribution in [3.63, 3.8) is 0 Å². The number of hydrogen-bond donors (Lipinski definition) is 17. The number of hydrogen-bond acceptors (Lipinski definition) is 26. The van der Waals surface area contributed by atoms with Crippen LogP contribution in [0.25, 0.3) is 27.4 Å². The number of aliphatic hydroxyl groups excluding tert-OH is 2. The molecule has 0 radical (unpaired) electrons. The fraction of sp³-hybridized carbons (Fsp3) is 0.218. The van der Waals surface area contributed by atoms with Gasteiger partial charge in [-0.15, -0.1) is 0 Å². The normalized spacial score (nSPS) is 10.7. The number of anilines is 5. The van der Waals surface area contributed by atoms with Crippen LogP contribution in [-0.4, -0.2) is 183 Å². The number of Topliss-reactive ketones (excluding diaryl/α,β-unsaturated/α-hetero) is 1. The van der Waals surface area contributed by atoms with E-state index in [0.29, 0.717) is 16.1 Å². The number of aliphatic carboxylic acids is 1. The number of carboxylic acid groups (broad SMARTS) is 3. The molecule has 2 aliphatic heterocycles. The Morgan fingerprint density at radius 1 is 0.700 bits per heavy atom. The molecular formula is C78H84Br8Cl6F10N17NaO19S. The SMILES string of the molecule is C.CC(=O)O.CC(C)(C)OC(=O)N1CCNCC1.CC(C)O.CCO.Fc1c(Br)c(Cl)cc2c(Cl)ncnc12.N=CN.N[N-]O.Nc1c(C(=O)O)cc(Cl)c(Br)c1F.Nc1c(C(=O)O)ccc(Br)c1F.Nc1cccc(Br)c1F.O=C(/C=N/O)Nc1cccc(Br)c1F.O=C1Nc2c(ccc(Br)c2F)C1=O.O=S(Cl)Cl.O=[N+]([O-])c1cccc(Br)c1F.O=c1[nH]cnc2c(F)c(Br)c(Cl)cc12.[2H]CF.[2H]CF.[Na+]. The number of alkyl halides is 2. The van der Waals surface area contributed by atoms with Gasteiger partial charge in [0.05, 0.1) is 136 Å². The molecule has 140 heavy (non-hydrogen) atoms. The van der Waals surface area contributed by atoms with Crippen molar-refractivity contribution in [3.8, 4) is 0 Å². The number of rotatable bonds is 5. The van der Waals surface area contributed by atoms with Crippen LogP contribution >= 0.6 is 195 Å². The smallest absolute Gasteiger partial charge is 0.488 e. The van der Waals surface area contributed by atoms with E-state index in [4.69, 9.17) is 121 Å². The van der Waals surface area contributed by atoms with Crippen molar-refractivity contribution in [2.75, 3.05) is 74.9 Å². The summed E-state index contributed by atoms with van der Waals surface area (Å²) in [4.78, 5) is 110. The molecule has 2 aliphatic rings. The Balaban J connectivity index is -0.000000279. The molecule has 0 atom stereocenters. The summed E-state index contributed by atoms with van der Waals surface area (Å²) in [6.45, 7) is 15.3. The van der Waals surface area contributed by atoms with Crippen molar-refractivity contribution in [2.24, 2.45) is 16.7 Å². The maximum Gasteiger partial charge on any atom is 1.00 e. The zero-order valence-corrected chi connectivity index (χ0v) is 92.1. The first-order valence-corrected chi connectivity index (χ1v) is 46.2. The molecule has 770 valence electrons. The van der Waals surface area contributed by atoms with Gasteiger partial charge in [0.25, 0.3) is 29.1 Å². The number of aromatic amines is 1. The summed E-state index contributed by atoms with van der Waals surface area (Å²) >= 11 is 46.2. The molecule has 1 fully saturated rings. The Morgan fingerprint density at radius 3 is 1.52 bits per heavy atom. The van der Waals surface area contributed by atoms with Gasteiger partial charge < -0.3 is 101 Å². The maximum absolute atomic E-state index is 13.6. The van der Waals surface area contributed by atoms with E-state index in [2.05, 4.69) is 201 Å². The third kappa shape index (κ3) is 56.4. The quantitative estimate of drug-likeness (QED) is 0.00607. The molecule has 36 nitrogen and oxygen atoms in total. The summed E-state index contributed by atoms with van der Waals surface area (Å²) in [7, 11) is 5.36. The molecule has 0 unspecified atom stereocenters. The maximum atomic E-state index is 13.6. The number of nitrogens with one attached hydrogen (secondary N) is 5. The standard InChI is InChI=1S/C9H18N2O2.C8H2BrCl2FN2.C8H3BrClFN2O.C8H6BrFN2O2.C8H3BrFNO2.C7H4BrClFNO2.C7H5BrFNO2.C6H3BrFNO2.C6H5BrFN.C3H8O.C2H4O2.C2H6O.2CH3F.CH4N2.CH4.Cl2OS.H3N2O.Na/c1-9(2,3)13-8(12)11-6-4-10-5-7-11;9-5-4(10)1-3-7(6(5)12)13-2-14-8(3)11;9-5-4(10)1-3-7(6(5)11)12-2-13-8(3)14;9-5-2-1-3-6(8(5)10)12-7(13)4-11-14;9-4-2-1-3-6(5(4)10)11-8(13)7(3)12;8-4-3(9)1-2(7(12)13)6(11)5(4)10;8-4-2-1-3(7(11)12)6(10)5(4)9;7-4-2-1-3-5(6(4)8)9(10)11;7-4-2-1-3-5(9)6(4)8;1-3(2)4;1-2(3)4;1-2-3;2*1-2;2-1-3;;1-4(2)3;1-2-3;/h10H,4-7H2,1-3H3;1-2H;1-2H,(H,12,13,14);1-4,14H,(H,12,13);1-2H,(H,11,12,13);1H,11H2,(H,12,13);1-2H,10H2,(H,11,12);1-3H;1-3H,9H2;3-4H,1-2H3;1H3,(H,3,4);3H,2H2,1H3;2*1H3;1H,(H3,2,3);1H4;;3H,1H2;/q;;;;;;;;;;;;;;;;;-1;+1/b;;;11-4+;;;;;;;;;;;;;;;/i;;;;;;;;;;;;2*1D;;;;;. The predicted octanol–water partition coefficient (Wildman–Crippen LogP) is 19.4. The van der Waals surface area contributed by atoms with Gasteiger partial charge in [0, 0.05) is 78.6 Å². The predicted molar refractivity (Wildman–Crippen MR) is 545 cm³/mol. The third-order valence-corrected chi connectivity index (χ3v) is 20.6. The number of oxime groups is 1. The molecule has 0 aliphatic carbocycles. The molecule has 8 aromatic carbocycles. The summed E-state index contributed by atoms with van der Waals surface area (Å²) in [5.74, 6) is -6.71. The van der Waals surface area contributed by atoms with Gasteiger partial charge in [0.2, 0.25) is 15.0 Å². The Morgan fingerprint density at radius 2 is 1.09 bits per heavy atom. The molecule has 1 saturated heterocycles. The second-order valence-electron chi connectivity index (χ2n) is 24.5. The topological polar surface area (TPSA) is 622 Å². The first-order valence-electron chi connectivity index (χ1n) is 37.0. The number of H-pyrrole nitrogens is 1. The van der Waals surface area contributed by atoms with Gasteiger partial charge in [0.15, 0.2) is 40.7 Å². The number of halogens is 24. The number of ether oxygens (including phenoxy) is 1. The molecular weight excluding hydrogens is 2580 g/mol. The van der Waals surface area contributed by atoms with Gasteiger partial charge in [-0.2, -0.15) is 4.39 Å². The van der Waals surface area contributed by atoms with Crippen LogP contribution in [0, 0.1) is 62.1 Å². The molecule has 0 spiro atoms. The van der Waals surface area contributed by atoms with Crippen molar-refractivity contribution < 1.29 is 160 Å². The number of aromatic carboxylic acids is 2. The number of aliphatic hydroxyl groups is 2. The summed E-state index contributed by atoms with van der Waals surface area (Å²) in [6, 6.07) is 22.5. The fourth-order valence-corrected chi connectivity index (χ4v) is 11.5. The molecule has 4 heterocycles. The summed E-state index contributed by atoms with van der Waals surface area (Å²) in [5, 5.41) is 82.3. The first kappa shape index (κ1) is 141. The van der Waals surface area contributed by atoms with Gasteiger partial charge in [-0.3, -0.25) is 48.3 Å². The van der Waals surface area contributed by atoms with Crippen LogP contribution in [0.3, 0.4) is 0 Å². The average Bonchev–Trinajstić information content (AvgIpc) is 1.07. The minimum absolute atomic E-state index is 0. The number of nitro groups is 1. The number of nitrogens with two attached hydrogens (primary N) is 5. The second kappa shape index (κ2) is 78.5. The number of aromatic nitrogens is 4. The number of carboxylic acids is 3. The van der Waals surface area contributed by atoms with Crippen LogP contribution in [0.4, 0.5) is 82.8 Å². The largest absolute Gasteiger partial charge is 1.00 e. The molecule has 0 saturated carbocycles. The van der Waals surface area contributed by atoms with Crippen LogP contribution in [-0.2, 0) is 28.3 Å². The molecule has 22 N–H and O–H groups in total. The van der Waals surface area contributed by atoms with Crippen LogP contribution in [0.2, 0.25) is 20.2 Å². The zero-order chi connectivity index (χ0) is 110. The number of fused-ring (bicyclic) bond motifs is 3. The van der Waals surface area contributed by atoms with Crippen LogP contribution in [0.15, 0.2) is 155 Å². The monoisotopic (exact) mass is 2650 g/mol. The second-order valence-corrected chi connectivity index (χ2v) is 35.3. The Kier molecular flexibility index (Phi) is 78.8. The number of ketones is 1. The first-order chi connectivity index (χ1) is 65.1. The summed E-state index contributed by atoms with van der Waals surface area (Å²) < 4.78 is 152. The van der Waals surface area contributed by atoms with E-state index in [-0.39, 0.29) is 169 Å². The van der Waals surface area contributed by atoms with E-state index in [1.807, 2.05) is 26.4 Å². The van der Waals surface area contributed by atoms with Crippen LogP contribution in [0.5, 0.6) is 0 Å². The van der Waals surface area contributed by atoms with Gasteiger partial charge in [-0.05, 0) is 242 Å². The van der Waals surface area contributed by atoms with Crippen molar-refractivity contribution in [2.45, 2.75) is 67.6 Å². The number of nitrogen functional groups attached to an aromatic ring is 3. The van der Waals surface area contributed by atoms with Gasteiger partial charge >= 0.3 is 53.3 Å². The van der Waals surface area contributed by atoms with Gasteiger partial charge in [-0.1, -0.05) is 77.2 Å². The molecule has 12 rings (SSSR count). The summed E-state index contributed by atoms with van der Waals surface area (Å²) in [6.07, 6.45) is 3.37. The van der Waals surface area contributed by atoms with Gasteiger partial charge in [0.1, 0.15) is 34.3 Å². The number of carbonyl (C=O) groups is 7. The van der Waals surface area contributed by atoms with Crippen LogP contribution < -0.4 is 79.8 Å². The van der Waals surface area contributed by atoms with Crippen molar-refractivity contribution in [1.29, 1.82) is 5.41 Å². The molecule has 3 amide bonds. The number of amides is 3. The summed E-state index contributed by atoms with van der Waals surface area (Å²) in [5.41, 5.74) is 19.7. The Bertz CT molecular complexity index is 5820. The third-order valence-electron chi connectivity index (χ3n) is 13.3. The van der Waals surface area contributed by atoms with Crippen molar-refractivity contribution >= 4 is 315 Å². The number of carbonyl (C=O) groups excluding carboxylic acids is 4. The number of nitrogens with zero attached hydrogens (tertiary/aromatic N) is 7. The molecule has 2 aromatic heterocycles. The number of piperazine rings is 1. The molecule has 0 bridgehead atoms. The van der Waals surface area contributed by atoms with E-state index in [1.165, 1.54) is 73.1 Å². The molecule has 62 heteroatoms. The Labute approximate surface area is 914 Å². The number of nitro benzene ring substituents is 1. The van der Waals surface area contributed by atoms with Crippen molar-refractivity contribution in [3.05, 3.63) is 255 Å². The Hall–Kier alpha value is -7.94. The van der Waals surface area contributed by atoms with Crippen LogP contribution in [0.1, 0.15) is 89.7 Å². The zero-order valence-electron chi connectivity index (χ0n) is 74.1. The van der Waals surface area contributed by atoms with Crippen molar-refractivity contribution in [1.82, 2.24) is 30.2 Å². The fourth-order valence-electron chi connectivity index (χ4n) is 8.03. The van der Waals surface area contributed by atoms with E-state index < -0.39 is 127 Å². The van der Waals surface area contributed by atoms with E-state index in [0.717, 1.165) is 57.9 Å². The average molecular weight is 2660 g/mol. The van der Waals surface area contributed by atoms with E-state index >= 15 is 0 Å². The van der Waals surface area contributed by atoms with E-state index in [9.17, 15) is 87.6 Å². The van der Waals surface area contributed by atoms with E-state index in [1.54, 1.807) is 43.9 Å². The minimum Gasteiger partial charge on any atom is -0.488 e. The van der Waals surface area contributed by atoms with Gasteiger partial charge in [-0.25, -0.2) is 64.3 Å². The number of benzene rings is 8.